The highest BCUT2D eigenvalue weighted by atomic mass is 32.2. The monoisotopic (exact) mass is 255 g/mol. The largest absolute Gasteiger partial charge is 0.398 e. The number of rotatable bonds is 4. The summed E-state index contributed by atoms with van der Waals surface area (Å²) in [6, 6.07) is 3.92. The molecule has 0 aromatic heterocycles. The highest BCUT2D eigenvalue weighted by molar-refractivity contribution is 7.89. The van der Waals surface area contributed by atoms with Gasteiger partial charge in [0.05, 0.1) is 10.5 Å². The third-order valence-corrected chi connectivity index (χ3v) is 4.02. The number of amides is 1. The molecule has 1 aromatic rings. The molecule has 1 amide bonds. The van der Waals surface area contributed by atoms with Gasteiger partial charge in [-0.15, -0.1) is 0 Å². The summed E-state index contributed by atoms with van der Waals surface area (Å²) >= 11 is 0. The number of nitrogens with one attached hydrogen (secondary N) is 1. The van der Waals surface area contributed by atoms with Gasteiger partial charge in [-0.1, -0.05) is 0 Å². The molecule has 5 N–H and O–H groups in total. The van der Waals surface area contributed by atoms with Gasteiger partial charge in [0.25, 0.3) is 5.91 Å². The van der Waals surface area contributed by atoms with Gasteiger partial charge < -0.3 is 11.5 Å². The fourth-order valence-corrected chi connectivity index (χ4v) is 2.74. The first kappa shape index (κ1) is 11.9. The average Bonchev–Trinajstić information content (AvgIpc) is 3.00. The smallest absolute Gasteiger partial charge is 0.250 e. The summed E-state index contributed by atoms with van der Waals surface area (Å²) in [5, 5.41) is 0. The third kappa shape index (κ3) is 2.56. The van der Waals surface area contributed by atoms with Crippen molar-refractivity contribution in [2.45, 2.75) is 23.8 Å². The topological polar surface area (TPSA) is 115 Å². The maximum Gasteiger partial charge on any atom is 0.250 e. The molecule has 0 heterocycles. The molecule has 0 unspecified atom stereocenters. The Morgan fingerprint density at radius 1 is 1.35 bits per heavy atom. The molecule has 6 nitrogen and oxygen atoms in total. The van der Waals surface area contributed by atoms with Crippen LogP contribution in [0, 0.1) is 0 Å². The molecule has 1 saturated carbocycles. The van der Waals surface area contributed by atoms with Crippen molar-refractivity contribution in [3.05, 3.63) is 23.8 Å². The van der Waals surface area contributed by atoms with Gasteiger partial charge in [0, 0.05) is 11.7 Å². The normalized spacial score (nSPS) is 15.8. The Labute approximate surface area is 99.0 Å². The van der Waals surface area contributed by atoms with Crippen molar-refractivity contribution in [1.82, 2.24) is 4.72 Å². The lowest BCUT2D eigenvalue weighted by molar-refractivity contribution is 0.100. The van der Waals surface area contributed by atoms with Crippen molar-refractivity contribution >= 4 is 21.6 Å². The second-order valence-corrected chi connectivity index (χ2v) is 5.72. The minimum atomic E-state index is -3.58. The molecule has 1 aliphatic rings. The van der Waals surface area contributed by atoms with E-state index in [9.17, 15) is 13.2 Å². The van der Waals surface area contributed by atoms with Crippen LogP contribution >= 0.6 is 0 Å². The fraction of sp³-hybridized carbons (Fsp3) is 0.300. The second kappa shape index (κ2) is 4.01. The minimum Gasteiger partial charge on any atom is -0.398 e. The van der Waals surface area contributed by atoms with Gasteiger partial charge in [0.2, 0.25) is 10.0 Å². The van der Waals surface area contributed by atoms with Crippen LogP contribution in [0.5, 0.6) is 0 Å². The summed E-state index contributed by atoms with van der Waals surface area (Å²) in [4.78, 5) is 11.1. The number of carbonyl (C=O) groups excluding carboxylic acids is 1. The zero-order chi connectivity index (χ0) is 12.6. The van der Waals surface area contributed by atoms with Crippen molar-refractivity contribution in [2.75, 3.05) is 5.73 Å². The molecule has 1 aliphatic carbocycles. The van der Waals surface area contributed by atoms with E-state index in [0.29, 0.717) is 0 Å². The van der Waals surface area contributed by atoms with E-state index < -0.39 is 15.9 Å². The number of primary amides is 1. The van der Waals surface area contributed by atoms with Crippen LogP contribution in [0.2, 0.25) is 0 Å². The Balaban J connectivity index is 2.38. The molecule has 0 atom stereocenters. The van der Waals surface area contributed by atoms with Crippen LogP contribution < -0.4 is 16.2 Å². The summed E-state index contributed by atoms with van der Waals surface area (Å²) in [6.07, 6.45) is 1.69. The van der Waals surface area contributed by atoms with Gasteiger partial charge in [-0.05, 0) is 31.0 Å². The summed E-state index contributed by atoms with van der Waals surface area (Å²) in [5.74, 6) is -0.744. The zero-order valence-electron chi connectivity index (χ0n) is 9.01. The van der Waals surface area contributed by atoms with Crippen molar-refractivity contribution in [2.24, 2.45) is 5.73 Å². The summed E-state index contributed by atoms with van der Waals surface area (Å²) < 4.78 is 26.2. The number of nitrogens with two attached hydrogens (primary N) is 2. The zero-order valence-corrected chi connectivity index (χ0v) is 9.83. The molecule has 0 saturated heterocycles. The average molecular weight is 255 g/mol. The minimum absolute atomic E-state index is 0.00685. The second-order valence-electron chi connectivity index (χ2n) is 4.01. The molecule has 0 radical (unpaired) electrons. The highest BCUT2D eigenvalue weighted by Gasteiger charge is 2.28. The predicted octanol–water partition coefficient (Wildman–Crippen LogP) is -0.192. The Morgan fingerprint density at radius 3 is 2.53 bits per heavy atom. The molecule has 1 aromatic carbocycles. The lowest BCUT2D eigenvalue weighted by Gasteiger charge is -2.08. The van der Waals surface area contributed by atoms with Crippen LogP contribution in [-0.4, -0.2) is 20.4 Å². The number of hydrogen-bond donors (Lipinski definition) is 3. The SMILES string of the molecule is NC(=O)c1cc(S(=O)(=O)NC2CC2)ccc1N. The number of hydrogen-bond acceptors (Lipinski definition) is 4. The maximum atomic E-state index is 11.9. The Morgan fingerprint density at radius 2 is 2.00 bits per heavy atom. The molecule has 1 fully saturated rings. The van der Waals surface area contributed by atoms with Crippen LogP contribution in [0.15, 0.2) is 23.1 Å². The first-order valence-electron chi connectivity index (χ1n) is 5.12. The van der Waals surface area contributed by atoms with E-state index in [0.717, 1.165) is 12.8 Å². The van der Waals surface area contributed by atoms with Gasteiger partial charge >= 0.3 is 0 Å². The fourth-order valence-electron chi connectivity index (χ4n) is 1.40. The third-order valence-electron chi connectivity index (χ3n) is 2.50. The lowest BCUT2D eigenvalue weighted by atomic mass is 10.2. The van der Waals surface area contributed by atoms with Crippen LogP contribution in [-0.2, 0) is 10.0 Å². The molecule has 0 aliphatic heterocycles. The number of benzene rings is 1. The van der Waals surface area contributed by atoms with E-state index in [1.807, 2.05) is 0 Å². The molecule has 92 valence electrons. The van der Waals surface area contributed by atoms with Gasteiger partial charge in [-0.3, -0.25) is 4.79 Å². The van der Waals surface area contributed by atoms with Crippen molar-refractivity contribution in [3.63, 3.8) is 0 Å². The molecule has 17 heavy (non-hydrogen) atoms. The number of sulfonamides is 1. The van der Waals surface area contributed by atoms with Gasteiger partial charge in [0.1, 0.15) is 0 Å². The van der Waals surface area contributed by atoms with Crippen LogP contribution in [0.4, 0.5) is 5.69 Å². The van der Waals surface area contributed by atoms with Crippen LogP contribution in [0.1, 0.15) is 23.2 Å². The quantitative estimate of drug-likeness (QED) is 0.646. The first-order valence-corrected chi connectivity index (χ1v) is 6.60. The Bertz CT molecular complexity index is 564. The standard InChI is InChI=1S/C10H13N3O3S/c11-9-4-3-7(5-8(9)10(12)14)17(15,16)13-6-1-2-6/h3-6,13H,1-2,11H2,(H2,12,14). The van der Waals surface area contributed by atoms with E-state index in [4.69, 9.17) is 11.5 Å². The molecule has 0 spiro atoms. The van der Waals surface area contributed by atoms with E-state index >= 15 is 0 Å². The molecular formula is C10H13N3O3S. The van der Waals surface area contributed by atoms with E-state index in [1.165, 1.54) is 18.2 Å². The van der Waals surface area contributed by atoms with Crippen LogP contribution in [0.3, 0.4) is 0 Å². The molecular weight excluding hydrogens is 242 g/mol. The maximum absolute atomic E-state index is 11.9. The van der Waals surface area contributed by atoms with Crippen molar-refractivity contribution in [3.8, 4) is 0 Å². The summed E-state index contributed by atoms with van der Waals surface area (Å²) in [7, 11) is -3.58. The van der Waals surface area contributed by atoms with Gasteiger partial charge in [0.15, 0.2) is 0 Å². The molecule has 0 bridgehead atoms. The number of carbonyl (C=O) groups is 1. The van der Waals surface area contributed by atoms with Gasteiger partial charge in [-0.2, -0.15) is 0 Å². The number of nitrogen functional groups attached to an aromatic ring is 1. The van der Waals surface area contributed by atoms with E-state index in [1.54, 1.807) is 0 Å². The lowest BCUT2D eigenvalue weighted by Crippen LogP contribution is -2.26. The summed E-state index contributed by atoms with van der Waals surface area (Å²) in [5.41, 5.74) is 10.8. The Kier molecular flexibility index (Phi) is 2.80. The van der Waals surface area contributed by atoms with Crippen molar-refractivity contribution in [1.29, 1.82) is 0 Å². The summed E-state index contributed by atoms with van der Waals surface area (Å²) in [6.45, 7) is 0. The first-order chi connectivity index (χ1) is 7.90. The van der Waals surface area contributed by atoms with E-state index in [-0.39, 0.29) is 22.2 Å². The number of anilines is 1. The molecule has 2 rings (SSSR count). The van der Waals surface area contributed by atoms with Gasteiger partial charge in [-0.25, -0.2) is 13.1 Å². The van der Waals surface area contributed by atoms with Crippen molar-refractivity contribution < 1.29 is 13.2 Å². The molecule has 7 heteroatoms. The van der Waals surface area contributed by atoms with Crippen LogP contribution in [0.25, 0.3) is 0 Å². The van der Waals surface area contributed by atoms with E-state index in [2.05, 4.69) is 4.72 Å². The highest BCUT2D eigenvalue weighted by Crippen LogP contribution is 2.23. The predicted molar refractivity (Wildman–Crippen MR) is 62.7 cm³/mol. The Hall–Kier alpha value is -1.60.